The first-order chi connectivity index (χ1) is 10.1. The van der Waals surface area contributed by atoms with Gasteiger partial charge in [-0.2, -0.15) is 0 Å². The normalized spacial score (nSPS) is 11.0. The van der Waals surface area contributed by atoms with Gasteiger partial charge in [-0.25, -0.2) is 0 Å². The van der Waals surface area contributed by atoms with Crippen LogP contribution >= 0.6 is 15.9 Å². The molecule has 0 heterocycles. The summed E-state index contributed by atoms with van der Waals surface area (Å²) in [5.74, 6) is 1.53. The van der Waals surface area contributed by atoms with Gasteiger partial charge in [0.15, 0.2) is 11.5 Å². The minimum atomic E-state index is 0.450. The molecule has 0 spiro atoms. The fourth-order valence-corrected chi connectivity index (χ4v) is 2.46. The van der Waals surface area contributed by atoms with Crippen molar-refractivity contribution in [1.82, 2.24) is 5.32 Å². The molecule has 0 aromatic heterocycles. The van der Waals surface area contributed by atoms with E-state index in [1.807, 2.05) is 6.07 Å². The van der Waals surface area contributed by atoms with Gasteiger partial charge in [0.25, 0.3) is 0 Å². The van der Waals surface area contributed by atoms with Crippen LogP contribution in [0.2, 0.25) is 0 Å². The zero-order valence-corrected chi connectivity index (χ0v) is 15.0. The maximum atomic E-state index is 5.84. The lowest BCUT2D eigenvalue weighted by atomic mass is 10.2. The third kappa shape index (κ3) is 6.68. The molecule has 4 nitrogen and oxygen atoms in total. The van der Waals surface area contributed by atoms with Crippen molar-refractivity contribution < 1.29 is 14.2 Å². The molecule has 0 atom stereocenters. The molecular formula is C16H26BrNO3. The highest BCUT2D eigenvalue weighted by Gasteiger charge is 2.11. The summed E-state index contributed by atoms with van der Waals surface area (Å²) >= 11 is 3.57. The Hall–Kier alpha value is -0.780. The molecule has 1 N–H and O–H groups in total. The highest BCUT2D eigenvalue weighted by molar-refractivity contribution is 9.10. The van der Waals surface area contributed by atoms with Gasteiger partial charge < -0.3 is 19.5 Å². The zero-order chi connectivity index (χ0) is 15.7. The van der Waals surface area contributed by atoms with Crippen LogP contribution in [0, 0.1) is 0 Å². The van der Waals surface area contributed by atoms with E-state index in [1.165, 1.54) is 5.56 Å². The molecule has 0 aliphatic heterocycles. The topological polar surface area (TPSA) is 39.7 Å². The summed E-state index contributed by atoms with van der Waals surface area (Å²) in [6.45, 7) is 6.48. The van der Waals surface area contributed by atoms with E-state index in [2.05, 4.69) is 41.2 Å². The van der Waals surface area contributed by atoms with Crippen molar-refractivity contribution in [3.63, 3.8) is 0 Å². The number of benzene rings is 1. The number of ether oxygens (including phenoxy) is 3. The molecule has 0 aliphatic carbocycles. The summed E-state index contributed by atoms with van der Waals surface area (Å²) in [4.78, 5) is 0. The van der Waals surface area contributed by atoms with Gasteiger partial charge in [-0.1, -0.05) is 13.8 Å². The fourth-order valence-electron chi connectivity index (χ4n) is 1.86. The Bertz CT molecular complexity index is 424. The van der Waals surface area contributed by atoms with E-state index >= 15 is 0 Å². The predicted octanol–water partition coefficient (Wildman–Crippen LogP) is 3.76. The van der Waals surface area contributed by atoms with Crippen molar-refractivity contribution in [2.24, 2.45) is 0 Å². The van der Waals surface area contributed by atoms with E-state index in [4.69, 9.17) is 14.2 Å². The minimum Gasteiger partial charge on any atom is -0.493 e. The lowest BCUT2D eigenvalue weighted by molar-refractivity contribution is 0.183. The largest absolute Gasteiger partial charge is 0.493 e. The first-order valence-electron chi connectivity index (χ1n) is 7.30. The molecule has 5 heteroatoms. The maximum Gasteiger partial charge on any atom is 0.175 e. The van der Waals surface area contributed by atoms with Gasteiger partial charge in [0, 0.05) is 26.3 Å². The Labute approximate surface area is 136 Å². The quantitative estimate of drug-likeness (QED) is 0.645. The van der Waals surface area contributed by atoms with Gasteiger partial charge in [0.05, 0.1) is 18.2 Å². The van der Waals surface area contributed by atoms with Crippen LogP contribution in [0.25, 0.3) is 0 Å². The predicted molar refractivity (Wildman–Crippen MR) is 89.3 cm³/mol. The Morgan fingerprint density at radius 3 is 2.48 bits per heavy atom. The van der Waals surface area contributed by atoms with Gasteiger partial charge in [-0.05, 0) is 46.5 Å². The Balaban J connectivity index is 2.66. The second-order valence-corrected chi connectivity index (χ2v) is 6.05. The summed E-state index contributed by atoms with van der Waals surface area (Å²) < 4.78 is 17.2. The van der Waals surface area contributed by atoms with E-state index in [-0.39, 0.29) is 0 Å². The second kappa shape index (κ2) is 10.0. The number of halogens is 1. The monoisotopic (exact) mass is 359 g/mol. The number of nitrogens with one attached hydrogen (secondary N) is 1. The lowest BCUT2D eigenvalue weighted by Gasteiger charge is -2.15. The van der Waals surface area contributed by atoms with E-state index in [1.54, 1.807) is 14.2 Å². The number of methoxy groups -OCH3 is 2. The van der Waals surface area contributed by atoms with Crippen molar-refractivity contribution in [3.05, 3.63) is 22.2 Å². The zero-order valence-electron chi connectivity index (χ0n) is 13.4. The summed E-state index contributed by atoms with van der Waals surface area (Å²) in [6.07, 6.45) is 1.95. The van der Waals surface area contributed by atoms with Crippen LogP contribution in [0.15, 0.2) is 16.6 Å². The van der Waals surface area contributed by atoms with E-state index in [0.29, 0.717) is 12.6 Å². The third-order valence-corrected chi connectivity index (χ3v) is 3.58. The summed E-state index contributed by atoms with van der Waals surface area (Å²) in [5, 5.41) is 3.40. The molecule has 1 aromatic carbocycles. The average Bonchev–Trinajstić information content (AvgIpc) is 2.46. The minimum absolute atomic E-state index is 0.450. The van der Waals surface area contributed by atoms with E-state index < -0.39 is 0 Å². The van der Waals surface area contributed by atoms with Gasteiger partial charge in [-0.3, -0.25) is 0 Å². The van der Waals surface area contributed by atoms with Crippen molar-refractivity contribution in [3.8, 4) is 11.5 Å². The fraction of sp³-hybridized carbons (Fsp3) is 0.625. The van der Waals surface area contributed by atoms with Crippen LogP contribution in [-0.2, 0) is 11.3 Å². The van der Waals surface area contributed by atoms with Crippen LogP contribution in [0.3, 0.4) is 0 Å². The van der Waals surface area contributed by atoms with Gasteiger partial charge in [0.2, 0.25) is 0 Å². The van der Waals surface area contributed by atoms with E-state index in [9.17, 15) is 0 Å². The highest BCUT2D eigenvalue weighted by Crippen LogP contribution is 2.36. The molecule has 1 aromatic rings. The molecule has 0 bridgehead atoms. The van der Waals surface area contributed by atoms with E-state index in [0.717, 1.165) is 42.0 Å². The second-order valence-electron chi connectivity index (χ2n) is 5.19. The van der Waals surface area contributed by atoms with Crippen LogP contribution in [0.5, 0.6) is 11.5 Å². The summed E-state index contributed by atoms with van der Waals surface area (Å²) in [5.41, 5.74) is 1.17. The molecule has 0 fully saturated rings. The standard InChI is InChI=1S/C16H26BrNO3/c1-12(2)18-11-13-9-14(17)16(15(10-13)20-4)21-8-6-5-7-19-3/h9-10,12,18H,5-8,11H2,1-4H3. The van der Waals surface area contributed by atoms with Gasteiger partial charge in [-0.15, -0.1) is 0 Å². The molecular weight excluding hydrogens is 334 g/mol. The smallest absolute Gasteiger partial charge is 0.175 e. The summed E-state index contributed by atoms with van der Waals surface area (Å²) in [7, 11) is 3.38. The van der Waals surface area contributed by atoms with Crippen LogP contribution in [0.1, 0.15) is 32.3 Å². The summed E-state index contributed by atoms with van der Waals surface area (Å²) in [6, 6.07) is 4.54. The molecule has 0 unspecified atom stereocenters. The molecule has 0 amide bonds. The van der Waals surface area contributed by atoms with Crippen LogP contribution in [-0.4, -0.2) is 33.5 Å². The first kappa shape index (κ1) is 18.3. The lowest BCUT2D eigenvalue weighted by Crippen LogP contribution is -2.21. The number of rotatable bonds is 10. The number of hydrogen-bond acceptors (Lipinski definition) is 4. The SMILES string of the molecule is COCCCCOc1c(Br)cc(CNC(C)C)cc1OC. The molecule has 0 saturated heterocycles. The molecule has 1 rings (SSSR count). The molecule has 0 aliphatic rings. The molecule has 0 saturated carbocycles. The molecule has 21 heavy (non-hydrogen) atoms. The van der Waals surface area contributed by atoms with Crippen molar-refractivity contribution in [1.29, 1.82) is 0 Å². The number of hydrogen-bond donors (Lipinski definition) is 1. The Morgan fingerprint density at radius 1 is 1.14 bits per heavy atom. The Morgan fingerprint density at radius 2 is 1.86 bits per heavy atom. The average molecular weight is 360 g/mol. The van der Waals surface area contributed by atoms with Crippen LogP contribution in [0.4, 0.5) is 0 Å². The van der Waals surface area contributed by atoms with Crippen molar-refractivity contribution in [2.75, 3.05) is 27.4 Å². The third-order valence-electron chi connectivity index (χ3n) is 2.99. The Kier molecular flexibility index (Phi) is 8.73. The van der Waals surface area contributed by atoms with Gasteiger partial charge in [0.1, 0.15) is 0 Å². The maximum absolute atomic E-state index is 5.84. The highest BCUT2D eigenvalue weighted by atomic mass is 79.9. The van der Waals surface area contributed by atoms with Gasteiger partial charge >= 0.3 is 0 Å². The van der Waals surface area contributed by atoms with Crippen molar-refractivity contribution >= 4 is 15.9 Å². The number of unbranched alkanes of at least 4 members (excludes halogenated alkanes) is 1. The first-order valence-corrected chi connectivity index (χ1v) is 8.09. The molecule has 0 radical (unpaired) electrons. The van der Waals surface area contributed by atoms with Crippen molar-refractivity contribution in [2.45, 2.75) is 39.3 Å². The van der Waals surface area contributed by atoms with Crippen LogP contribution < -0.4 is 14.8 Å². The molecule has 120 valence electrons.